The predicted octanol–water partition coefficient (Wildman–Crippen LogP) is 2.25. The molecule has 1 aromatic heterocycles. The third-order valence-electron chi connectivity index (χ3n) is 3.59. The standard InChI is InChI=1S/C13H16N4O2S/c1-16(8-9-4-5-14-7-9)13-15-11-6-10(17(18)19)2-3-12(11)20-13/h2-3,6,9,14H,4-5,7-8H2,1H3/t9-/m0/s1. The fourth-order valence-electron chi connectivity index (χ4n) is 2.52. The maximum atomic E-state index is 10.8. The van der Waals surface area contributed by atoms with Gasteiger partial charge in [0, 0.05) is 25.7 Å². The Morgan fingerprint density at radius 3 is 3.15 bits per heavy atom. The summed E-state index contributed by atoms with van der Waals surface area (Å²) in [5.41, 5.74) is 0.799. The first kappa shape index (κ1) is 13.3. The molecule has 1 atom stereocenters. The Kier molecular flexibility index (Phi) is 3.54. The molecule has 6 nitrogen and oxygen atoms in total. The van der Waals surface area contributed by atoms with Gasteiger partial charge in [-0.2, -0.15) is 0 Å². The Morgan fingerprint density at radius 2 is 2.45 bits per heavy atom. The van der Waals surface area contributed by atoms with Crippen molar-refractivity contribution in [2.45, 2.75) is 6.42 Å². The molecule has 0 unspecified atom stereocenters. The highest BCUT2D eigenvalue weighted by atomic mass is 32.1. The Morgan fingerprint density at radius 1 is 1.60 bits per heavy atom. The second kappa shape index (κ2) is 5.34. The van der Waals surface area contributed by atoms with Crippen LogP contribution in [0.3, 0.4) is 0 Å². The van der Waals surface area contributed by atoms with Crippen molar-refractivity contribution < 1.29 is 4.92 Å². The maximum Gasteiger partial charge on any atom is 0.271 e. The molecule has 1 aliphatic rings. The molecule has 2 heterocycles. The molecule has 3 rings (SSSR count). The summed E-state index contributed by atoms with van der Waals surface area (Å²) in [6.45, 7) is 3.11. The van der Waals surface area contributed by atoms with Gasteiger partial charge in [-0.15, -0.1) is 0 Å². The minimum absolute atomic E-state index is 0.0944. The molecule has 20 heavy (non-hydrogen) atoms. The van der Waals surface area contributed by atoms with Crippen LogP contribution in [-0.2, 0) is 0 Å². The van der Waals surface area contributed by atoms with Crippen molar-refractivity contribution in [2.75, 3.05) is 31.6 Å². The van der Waals surface area contributed by atoms with Gasteiger partial charge in [0.15, 0.2) is 5.13 Å². The second-order valence-corrected chi connectivity index (χ2v) is 6.15. The number of nitrogens with zero attached hydrogens (tertiary/aromatic N) is 3. The number of thiazole rings is 1. The van der Waals surface area contributed by atoms with Crippen LogP contribution in [0.15, 0.2) is 18.2 Å². The van der Waals surface area contributed by atoms with Crippen LogP contribution in [0.25, 0.3) is 10.2 Å². The number of hydrogen-bond acceptors (Lipinski definition) is 6. The van der Waals surface area contributed by atoms with E-state index in [1.54, 1.807) is 23.5 Å². The molecular formula is C13H16N4O2S. The third-order valence-corrected chi connectivity index (χ3v) is 4.74. The number of nitro benzene ring substituents is 1. The van der Waals surface area contributed by atoms with E-state index in [2.05, 4.69) is 15.2 Å². The number of anilines is 1. The van der Waals surface area contributed by atoms with E-state index < -0.39 is 0 Å². The fourth-order valence-corrected chi connectivity index (χ4v) is 3.43. The van der Waals surface area contributed by atoms with E-state index in [4.69, 9.17) is 0 Å². The van der Waals surface area contributed by atoms with E-state index in [1.807, 2.05) is 7.05 Å². The van der Waals surface area contributed by atoms with Crippen LogP contribution in [0.1, 0.15) is 6.42 Å². The van der Waals surface area contributed by atoms with Gasteiger partial charge in [-0.3, -0.25) is 10.1 Å². The molecule has 1 saturated heterocycles. The van der Waals surface area contributed by atoms with Gasteiger partial charge in [0.05, 0.1) is 15.1 Å². The van der Waals surface area contributed by atoms with Crippen LogP contribution in [0.2, 0.25) is 0 Å². The molecule has 0 saturated carbocycles. The summed E-state index contributed by atoms with van der Waals surface area (Å²) in [4.78, 5) is 17.1. The smallest absolute Gasteiger partial charge is 0.271 e. The van der Waals surface area contributed by atoms with Crippen molar-refractivity contribution in [3.05, 3.63) is 28.3 Å². The number of benzene rings is 1. The second-order valence-electron chi connectivity index (χ2n) is 5.14. The molecule has 1 fully saturated rings. The first-order valence-electron chi connectivity index (χ1n) is 6.60. The highest BCUT2D eigenvalue weighted by Gasteiger charge is 2.18. The van der Waals surface area contributed by atoms with Crippen LogP contribution in [-0.4, -0.2) is 36.6 Å². The highest BCUT2D eigenvalue weighted by molar-refractivity contribution is 7.22. The van der Waals surface area contributed by atoms with Gasteiger partial charge in [0.25, 0.3) is 5.69 Å². The zero-order valence-electron chi connectivity index (χ0n) is 11.2. The Balaban J connectivity index is 1.82. The van der Waals surface area contributed by atoms with Crippen LogP contribution in [0.5, 0.6) is 0 Å². The molecule has 1 aliphatic heterocycles. The lowest BCUT2D eigenvalue weighted by Gasteiger charge is -2.19. The van der Waals surface area contributed by atoms with Gasteiger partial charge >= 0.3 is 0 Å². The first-order chi connectivity index (χ1) is 9.63. The maximum absolute atomic E-state index is 10.8. The van der Waals surface area contributed by atoms with Crippen molar-refractivity contribution >= 4 is 32.4 Å². The number of aromatic nitrogens is 1. The topological polar surface area (TPSA) is 71.3 Å². The van der Waals surface area contributed by atoms with E-state index in [9.17, 15) is 10.1 Å². The number of nitrogens with one attached hydrogen (secondary N) is 1. The molecule has 1 aromatic carbocycles. The quantitative estimate of drug-likeness (QED) is 0.691. The number of nitro groups is 1. The van der Waals surface area contributed by atoms with Crippen LogP contribution >= 0.6 is 11.3 Å². The van der Waals surface area contributed by atoms with Crippen molar-refractivity contribution in [2.24, 2.45) is 5.92 Å². The minimum atomic E-state index is -0.383. The Bertz CT molecular complexity index is 636. The minimum Gasteiger partial charge on any atom is -0.351 e. The first-order valence-corrected chi connectivity index (χ1v) is 7.42. The van der Waals surface area contributed by atoms with E-state index in [1.165, 1.54) is 12.5 Å². The van der Waals surface area contributed by atoms with Crippen molar-refractivity contribution in [1.82, 2.24) is 10.3 Å². The summed E-state index contributed by atoms with van der Waals surface area (Å²) >= 11 is 1.58. The Hall–Kier alpha value is -1.73. The number of fused-ring (bicyclic) bond motifs is 1. The monoisotopic (exact) mass is 292 g/mol. The summed E-state index contributed by atoms with van der Waals surface area (Å²) in [7, 11) is 2.03. The molecule has 0 amide bonds. The molecule has 0 bridgehead atoms. The normalized spacial score (nSPS) is 18.6. The third kappa shape index (κ3) is 2.59. The molecule has 0 aliphatic carbocycles. The molecule has 106 valence electrons. The summed E-state index contributed by atoms with van der Waals surface area (Å²) in [6, 6.07) is 4.85. The summed E-state index contributed by atoms with van der Waals surface area (Å²) in [5.74, 6) is 0.654. The van der Waals surface area contributed by atoms with Crippen molar-refractivity contribution in [3.63, 3.8) is 0 Å². The highest BCUT2D eigenvalue weighted by Crippen LogP contribution is 2.31. The van der Waals surface area contributed by atoms with Gasteiger partial charge in [-0.25, -0.2) is 4.98 Å². The zero-order valence-corrected chi connectivity index (χ0v) is 12.0. The van der Waals surface area contributed by atoms with Gasteiger partial charge < -0.3 is 10.2 Å². The zero-order chi connectivity index (χ0) is 14.1. The molecule has 0 spiro atoms. The summed E-state index contributed by atoms with van der Waals surface area (Å²) in [6.07, 6.45) is 1.20. The Labute approximate surface area is 120 Å². The van der Waals surface area contributed by atoms with E-state index in [0.29, 0.717) is 11.4 Å². The van der Waals surface area contributed by atoms with Gasteiger partial charge in [0.2, 0.25) is 0 Å². The molecular weight excluding hydrogens is 276 g/mol. The predicted molar refractivity (Wildman–Crippen MR) is 80.5 cm³/mol. The van der Waals surface area contributed by atoms with Crippen LogP contribution in [0, 0.1) is 16.0 Å². The van der Waals surface area contributed by atoms with E-state index in [-0.39, 0.29) is 10.6 Å². The van der Waals surface area contributed by atoms with E-state index >= 15 is 0 Å². The van der Waals surface area contributed by atoms with Crippen LogP contribution < -0.4 is 10.2 Å². The lowest BCUT2D eigenvalue weighted by molar-refractivity contribution is -0.384. The van der Waals surface area contributed by atoms with Crippen LogP contribution in [0.4, 0.5) is 10.8 Å². The van der Waals surface area contributed by atoms with Crippen molar-refractivity contribution in [1.29, 1.82) is 0 Å². The molecule has 0 radical (unpaired) electrons. The lowest BCUT2D eigenvalue weighted by atomic mass is 10.1. The lowest BCUT2D eigenvalue weighted by Crippen LogP contribution is -2.26. The summed E-state index contributed by atoms with van der Waals surface area (Å²) in [5, 5.41) is 15.1. The van der Waals surface area contributed by atoms with Crippen molar-refractivity contribution in [3.8, 4) is 0 Å². The number of hydrogen-bond donors (Lipinski definition) is 1. The van der Waals surface area contributed by atoms with Gasteiger partial charge in [-0.05, 0) is 31.5 Å². The van der Waals surface area contributed by atoms with E-state index in [0.717, 1.165) is 29.5 Å². The summed E-state index contributed by atoms with van der Waals surface area (Å²) < 4.78 is 0.988. The fraction of sp³-hybridized carbons (Fsp3) is 0.462. The largest absolute Gasteiger partial charge is 0.351 e. The number of non-ortho nitro benzene ring substituents is 1. The number of rotatable bonds is 4. The average Bonchev–Trinajstić information content (AvgIpc) is 3.05. The SMILES string of the molecule is CN(C[C@H]1CCNC1)c1nc2cc([N+](=O)[O-])ccc2s1. The average molecular weight is 292 g/mol. The molecule has 2 aromatic rings. The van der Waals surface area contributed by atoms with Gasteiger partial charge in [-0.1, -0.05) is 11.3 Å². The molecule has 7 heteroatoms. The molecule has 1 N–H and O–H groups in total. The van der Waals surface area contributed by atoms with Gasteiger partial charge in [0.1, 0.15) is 0 Å².